The molecule has 3 aromatic rings. The summed E-state index contributed by atoms with van der Waals surface area (Å²) in [5.74, 6) is 2.13. The summed E-state index contributed by atoms with van der Waals surface area (Å²) >= 11 is 1.81. The molecule has 0 spiro atoms. The number of benzene rings is 2. The summed E-state index contributed by atoms with van der Waals surface area (Å²) < 4.78 is 1.63. The van der Waals surface area contributed by atoms with Crippen molar-refractivity contribution in [2.45, 2.75) is 24.7 Å². The fourth-order valence-corrected chi connectivity index (χ4v) is 3.96. The third kappa shape index (κ3) is 6.53. The lowest BCUT2D eigenvalue weighted by Gasteiger charge is -2.11. The number of nitrogen functional groups attached to an aromatic ring is 1. The molecule has 4 N–H and O–H groups in total. The van der Waals surface area contributed by atoms with Crippen molar-refractivity contribution in [2.75, 3.05) is 31.1 Å². The Morgan fingerprint density at radius 3 is 2.53 bits per heavy atom. The number of nitrogens with one attached hydrogen (secondary N) is 2. The van der Waals surface area contributed by atoms with Crippen LogP contribution >= 0.6 is 11.8 Å². The van der Waals surface area contributed by atoms with Gasteiger partial charge < -0.3 is 16.4 Å². The van der Waals surface area contributed by atoms with E-state index in [-0.39, 0.29) is 0 Å². The van der Waals surface area contributed by atoms with Crippen molar-refractivity contribution in [3.8, 4) is 11.8 Å². The molecule has 0 saturated heterocycles. The van der Waals surface area contributed by atoms with Gasteiger partial charge in [-0.15, -0.1) is 11.8 Å². The Morgan fingerprint density at radius 2 is 1.84 bits per heavy atom. The standard InChI is InChI=1S/C24H29N7S/c1-2-27-24(29-16-17-32-20-12-7-4-8-13-20)28-15-9-14-22-21(18-25)23(26)31(30-22)19-10-5-3-6-11-19/h3-8,10-13H,2,9,14-17,26H2,1H3,(H2,27,28,29). The smallest absolute Gasteiger partial charge is 0.191 e. The van der Waals surface area contributed by atoms with Crippen LogP contribution in [0, 0.1) is 11.3 Å². The second-order valence-corrected chi connectivity index (χ2v) is 8.19. The van der Waals surface area contributed by atoms with Crippen LogP contribution in [-0.2, 0) is 6.42 Å². The van der Waals surface area contributed by atoms with Gasteiger partial charge in [-0.1, -0.05) is 36.4 Å². The number of nitriles is 1. The van der Waals surface area contributed by atoms with Gasteiger partial charge in [0.05, 0.1) is 11.4 Å². The molecule has 0 bridgehead atoms. The molecule has 8 heteroatoms. The van der Waals surface area contributed by atoms with Crippen molar-refractivity contribution in [3.63, 3.8) is 0 Å². The summed E-state index contributed by atoms with van der Waals surface area (Å²) in [6.07, 6.45) is 1.41. The lowest BCUT2D eigenvalue weighted by atomic mass is 10.1. The number of nitrogens with zero attached hydrogens (tertiary/aromatic N) is 4. The number of nitrogens with two attached hydrogens (primary N) is 1. The van der Waals surface area contributed by atoms with E-state index in [1.807, 2.05) is 55.1 Å². The monoisotopic (exact) mass is 447 g/mol. The normalized spacial score (nSPS) is 11.2. The molecule has 7 nitrogen and oxygen atoms in total. The van der Waals surface area contributed by atoms with Gasteiger partial charge in [0.25, 0.3) is 0 Å². The third-order valence-electron chi connectivity index (χ3n) is 4.70. The number of aromatic nitrogens is 2. The zero-order valence-electron chi connectivity index (χ0n) is 18.3. The average molecular weight is 448 g/mol. The van der Waals surface area contributed by atoms with Gasteiger partial charge in [-0.05, 0) is 44.0 Å². The highest BCUT2D eigenvalue weighted by Crippen LogP contribution is 2.21. The first-order valence-electron chi connectivity index (χ1n) is 10.8. The molecule has 1 heterocycles. The Morgan fingerprint density at radius 1 is 1.12 bits per heavy atom. The number of hydrogen-bond acceptors (Lipinski definition) is 5. The predicted octanol–water partition coefficient (Wildman–Crippen LogP) is 3.61. The van der Waals surface area contributed by atoms with Crippen molar-refractivity contribution >= 4 is 23.5 Å². The Balaban J connectivity index is 1.52. The maximum absolute atomic E-state index is 9.54. The molecule has 166 valence electrons. The number of thioether (sulfide) groups is 1. The van der Waals surface area contributed by atoms with Crippen molar-refractivity contribution in [1.29, 1.82) is 5.26 Å². The summed E-state index contributed by atoms with van der Waals surface area (Å²) in [6, 6.07) is 22.2. The van der Waals surface area contributed by atoms with Crippen molar-refractivity contribution < 1.29 is 0 Å². The number of rotatable bonds is 10. The highest BCUT2D eigenvalue weighted by atomic mass is 32.2. The van der Waals surface area contributed by atoms with E-state index in [2.05, 4.69) is 51.1 Å². The number of para-hydroxylation sites is 1. The Labute approximate surface area is 193 Å². The number of guanidine groups is 1. The first-order chi connectivity index (χ1) is 15.7. The van der Waals surface area contributed by atoms with E-state index in [0.717, 1.165) is 36.9 Å². The minimum absolute atomic E-state index is 0.378. The lowest BCUT2D eigenvalue weighted by molar-refractivity contribution is 0.763. The molecule has 0 aliphatic carbocycles. The van der Waals surface area contributed by atoms with Crippen molar-refractivity contribution in [1.82, 2.24) is 20.4 Å². The Bertz CT molecular complexity index is 1040. The molecule has 0 fully saturated rings. The molecule has 0 saturated carbocycles. The molecule has 0 unspecified atom stereocenters. The van der Waals surface area contributed by atoms with Crippen LogP contribution in [-0.4, -0.2) is 41.1 Å². The van der Waals surface area contributed by atoms with Gasteiger partial charge in [0.15, 0.2) is 5.96 Å². The number of hydrogen-bond donors (Lipinski definition) is 3. The van der Waals surface area contributed by atoms with Crippen LogP contribution in [0.2, 0.25) is 0 Å². The van der Waals surface area contributed by atoms with Gasteiger partial charge in [0.1, 0.15) is 17.5 Å². The topological polar surface area (TPSA) is 104 Å². The van der Waals surface area contributed by atoms with Crippen molar-refractivity contribution in [2.24, 2.45) is 4.99 Å². The van der Waals surface area contributed by atoms with E-state index in [9.17, 15) is 5.26 Å². The second kappa shape index (κ2) is 12.4. The molecule has 0 aliphatic rings. The number of aryl methyl sites for hydroxylation is 1. The molecule has 0 amide bonds. The molecule has 2 aromatic carbocycles. The molecule has 1 aromatic heterocycles. The van der Waals surface area contributed by atoms with Gasteiger partial charge in [0, 0.05) is 30.3 Å². The fraction of sp³-hybridized carbons (Fsp3) is 0.292. The maximum Gasteiger partial charge on any atom is 0.191 e. The van der Waals surface area contributed by atoms with Gasteiger partial charge in [-0.2, -0.15) is 10.4 Å². The van der Waals surface area contributed by atoms with E-state index in [1.54, 1.807) is 4.68 Å². The minimum atomic E-state index is 0.378. The molecule has 0 atom stereocenters. The van der Waals surface area contributed by atoms with Crippen LogP contribution in [0.5, 0.6) is 0 Å². The van der Waals surface area contributed by atoms with Gasteiger partial charge in [0.2, 0.25) is 0 Å². The minimum Gasteiger partial charge on any atom is -0.382 e. The molecular formula is C24H29N7S. The number of aliphatic imine (C=N–C) groups is 1. The average Bonchev–Trinajstić information content (AvgIpc) is 3.15. The fourth-order valence-electron chi connectivity index (χ4n) is 3.18. The summed E-state index contributed by atoms with van der Waals surface area (Å²) in [7, 11) is 0. The van der Waals surface area contributed by atoms with Gasteiger partial charge in [-0.25, -0.2) is 4.68 Å². The summed E-state index contributed by atoms with van der Waals surface area (Å²) in [6.45, 7) is 4.30. The Hall–Kier alpha value is -3.44. The van der Waals surface area contributed by atoms with E-state index in [4.69, 9.17) is 5.73 Å². The molecule has 0 aliphatic heterocycles. The zero-order valence-corrected chi connectivity index (χ0v) is 19.1. The van der Waals surface area contributed by atoms with Crippen LogP contribution in [0.25, 0.3) is 5.69 Å². The molecule has 32 heavy (non-hydrogen) atoms. The maximum atomic E-state index is 9.54. The second-order valence-electron chi connectivity index (χ2n) is 7.02. The summed E-state index contributed by atoms with van der Waals surface area (Å²) in [5.41, 5.74) is 8.18. The Kier molecular flexibility index (Phi) is 9.02. The quantitative estimate of drug-likeness (QED) is 0.190. The molecular weight excluding hydrogens is 418 g/mol. The van der Waals surface area contributed by atoms with E-state index in [1.165, 1.54) is 4.90 Å². The summed E-state index contributed by atoms with van der Waals surface area (Å²) in [4.78, 5) is 5.92. The van der Waals surface area contributed by atoms with Crippen LogP contribution in [0.15, 0.2) is 70.6 Å². The van der Waals surface area contributed by atoms with Crippen LogP contribution in [0.1, 0.15) is 24.6 Å². The first-order valence-corrected chi connectivity index (χ1v) is 11.7. The first kappa shape index (κ1) is 23.2. The van der Waals surface area contributed by atoms with E-state index < -0.39 is 0 Å². The predicted molar refractivity (Wildman–Crippen MR) is 132 cm³/mol. The van der Waals surface area contributed by atoms with Crippen LogP contribution in [0.3, 0.4) is 0 Å². The lowest BCUT2D eigenvalue weighted by Crippen LogP contribution is -2.38. The van der Waals surface area contributed by atoms with Crippen molar-refractivity contribution in [3.05, 3.63) is 71.9 Å². The highest BCUT2D eigenvalue weighted by molar-refractivity contribution is 7.99. The zero-order chi connectivity index (χ0) is 22.6. The highest BCUT2D eigenvalue weighted by Gasteiger charge is 2.16. The SMILES string of the molecule is CCNC(=NCCCc1nn(-c2ccccc2)c(N)c1C#N)NCCSc1ccccc1. The van der Waals surface area contributed by atoms with E-state index in [0.29, 0.717) is 30.0 Å². The summed E-state index contributed by atoms with van der Waals surface area (Å²) in [5, 5.41) is 20.8. The third-order valence-corrected chi connectivity index (χ3v) is 5.71. The van der Waals surface area contributed by atoms with Crippen LogP contribution < -0.4 is 16.4 Å². The largest absolute Gasteiger partial charge is 0.382 e. The molecule has 0 radical (unpaired) electrons. The van der Waals surface area contributed by atoms with E-state index >= 15 is 0 Å². The van der Waals surface area contributed by atoms with Gasteiger partial charge >= 0.3 is 0 Å². The van der Waals surface area contributed by atoms with Crippen LogP contribution in [0.4, 0.5) is 5.82 Å². The van der Waals surface area contributed by atoms with Gasteiger partial charge in [-0.3, -0.25) is 4.99 Å². The number of anilines is 1. The molecule has 3 rings (SSSR count).